The predicted octanol–water partition coefficient (Wildman–Crippen LogP) is 1.83. The molecule has 0 aliphatic rings. The molecule has 0 unspecified atom stereocenters. The average molecular weight is 251 g/mol. The van der Waals surface area contributed by atoms with E-state index in [0.717, 1.165) is 11.1 Å². The molecule has 0 saturated carbocycles. The van der Waals surface area contributed by atoms with E-state index in [2.05, 4.69) is 14.9 Å². The van der Waals surface area contributed by atoms with E-state index in [1.165, 1.54) is 0 Å². The lowest BCUT2D eigenvalue weighted by Gasteiger charge is -2.07. The number of benzene rings is 1. The molecule has 0 aliphatic heterocycles. The van der Waals surface area contributed by atoms with Crippen molar-refractivity contribution in [3.8, 4) is 0 Å². The van der Waals surface area contributed by atoms with Crippen LogP contribution in [-0.4, -0.2) is 18.6 Å². The second-order valence-electron chi connectivity index (χ2n) is 3.85. The molecule has 90 valence electrons. The number of nitrogens with one attached hydrogen (secondary N) is 2. The van der Waals surface area contributed by atoms with E-state index in [-0.39, 0.29) is 4.90 Å². The first-order valence-corrected chi connectivity index (χ1v) is 6.57. The zero-order chi connectivity index (χ0) is 12.5. The molecule has 17 heavy (non-hydrogen) atoms. The number of anilines is 1. The first-order valence-electron chi connectivity index (χ1n) is 5.08. The van der Waals surface area contributed by atoms with E-state index in [9.17, 15) is 8.42 Å². The Morgan fingerprint density at radius 2 is 2.06 bits per heavy atom. The molecule has 2 aromatic rings. The topological polar surface area (TPSA) is 74.8 Å². The summed E-state index contributed by atoms with van der Waals surface area (Å²) in [5, 5.41) is 6.37. The number of aromatic nitrogens is 2. The van der Waals surface area contributed by atoms with Gasteiger partial charge in [0.2, 0.25) is 0 Å². The van der Waals surface area contributed by atoms with Gasteiger partial charge in [0.05, 0.1) is 11.1 Å². The van der Waals surface area contributed by atoms with Crippen LogP contribution in [0.5, 0.6) is 0 Å². The molecule has 0 fully saturated rings. The molecular weight excluding hydrogens is 238 g/mol. The summed E-state index contributed by atoms with van der Waals surface area (Å²) >= 11 is 0. The van der Waals surface area contributed by atoms with E-state index in [4.69, 9.17) is 0 Å². The Balaban J connectivity index is 2.35. The van der Waals surface area contributed by atoms with Gasteiger partial charge >= 0.3 is 0 Å². The monoisotopic (exact) mass is 251 g/mol. The Labute approximate surface area is 99.9 Å². The van der Waals surface area contributed by atoms with E-state index in [0.29, 0.717) is 5.82 Å². The zero-order valence-corrected chi connectivity index (χ0v) is 10.4. The molecule has 0 atom stereocenters. The summed E-state index contributed by atoms with van der Waals surface area (Å²) < 4.78 is 26.6. The van der Waals surface area contributed by atoms with Crippen LogP contribution in [0.15, 0.2) is 35.4 Å². The zero-order valence-electron chi connectivity index (χ0n) is 9.56. The van der Waals surface area contributed by atoms with Crippen molar-refractivity contribution in [3.05, 3.63) is 41.6 Å². The van der Waals surface area contributed by atoms with E-state index in [1.807, 2.05) is 13.0 Å². The summed E-state index contributed by atoms with van der Waals surface area (Å²) in [6, 6.07) is 6.74. The van der Waals surface area contributed by atoms with Gasteiger partial charge in [-0.1, -0.05) is 12.1 Å². The van der Waals surface area contributed by atoms with Crippen LogP contribution in [0.1, 0.15) is 11.1 Å². The van der Waals surface area contributed by atoms with Gasteiger partial charge in [-0.25, -0.2) is 8.42 Å². The summed E-state index contributed by atoms with van der Waals surface area (Å²) in [4.78, 5) is 0.242. The highest BCUT2D eigenvalue weighted by molar-refractivity contribution is 7.92. The van der Waals surface area contributed by atoms with Crippen LogP contribution in [0.25, 0.3) is 0 Å². The molecule has 1 heterocycles. The summed E-state index contributed by atoms with van der Waals surface area (Å²) in [6.45, 7) is 3.62. The predicted molar refractivity (Wildman–Crippen MR) is 65.3 cm³/mol. The van der Waals surface area contributed by atoms with Crippen LogP contribution < -0.4 is 4.72 Å². The highest BCUT2D eigenvalue weighted by Crippen LogP contribution is 2.17. The van der Waals surface area contributed by atoms with Gasteiger partial charge in [0.25, 0.3) is 10.0 Å². The second-order valence-corrected chi connectivity index (χ2v) is 5.53. The Hall–Kier alpha value is -1.82. The number of nitrogens with zero attached hydrogens (tertiary/aromatic N) is 1. The van der Waals surface area contributed by atoms with Crippen molar-refractivity contribution in [1.29, 1.82) is 0 Å². The van der Waals surface area contributed by atoms with E-state index >= 15 is 0 Å². The van der Waals surface area contributed by atoms with Gasteiger partial charge in [0, 0.05) is 5.56 Å². The molecule has 2 N–H and O–H groups in total. The van der Waals surface area contributed by atoms with Crippen LogP contribution in [0.4, 0.5) is 5.82 Å². The number of sulfonamides is 1. The Morgan fingerprint density at radius 1 is 1.29 bits per heavy atom. The molecule has 0 radical (unpaired) electrons. The van der Waals surface area contributed by atoms with Crippen molar-refractivity contribution in [2.45, 2.75) is 18.7 Å². The summed E-state index contributed by atoms with van der Waals surface area (Å²) in [5.74, 6) is 0.395. The van der Waals surface area contributed by atoms with Crippen molar-refractivity contribution in [2.75, 3.05) is 4.72 Å². The first-order chi connectivity index (χ1) is 7.99. The SMILES string of the molecule is Cc1cccc(S(=O)(=O)Nc2[nH]ncc2C)c1. The largest absolute Gasteiger partial charge is 0.264 e. The third-order valence-corrected chi connectivity index (χ3v) is 3.71. The number of rotatable bonds is 3. The van der Waals surface area contributed by atoms with Gasteiger partial charge in [-0.15, -0.1) is 0 Å². The number of aromatic amines is 1. The summed E-state index contributed by atoms with van der Waals surface area (Å²) in [5.41, 5.74) is 1.65. The second kappa shape index (κ2) is 4.21. The number of hydrogen-bond donors (Lipinski definition) is 2. The number of aryl methyl sites for hydroxylation is 2. The Kier molecular flexibility index (Phi) is 2.89. The quantitative estimate of drug-likeness (QED) is 0.873. The highest BCUT2D eigenvalue weighted by Gasteiger charge is 2.15. The minimum absolute atomic E-state index is 0.242. The lowest BCUT2D eigenvalue weighted by Crippen LogP contribution is -2.14. The van der Waals surface area contributed by atoms with Gasteiger partial charge < -0.3 is 0 Å². The molecule has 0 bridgehead atoms. The van der Waals surface area contributed by atoms with E-state index < -0.39 is 10.0 Å². The molecule has 6 heteroatoms. The molecule has 2 rings (SSSR count). The minimum atomic E-state index is -3.55. The van der Waals surface area contributed by atoms with Crippen LogP contribution in [0.2, 0.25) is 0 Å². The molecular formula is C11H13N3O2S. The Morgan fingerprint density at radius 3 is 2.65 bits per heavy atom. The molecule has 1 aromatic carbocycles. The van der Waals surface area contributed by atoms with Crippen molar-refractivity contribution in [2.24, 2.45) is 0 Å². The number of hydrogen-bond acceptors (Lipinski definition) is 3. The summed E-state index contributed by atoms with van der Waals surface area (Å²) in [7, 11) is -3.55. The lowest BCUT2D eigenvalue weighted by molar-refractivity contribution is 0.601. The molecule has 0 amide bonds. The fraction of sp³-hybridized carbons (Fsp3) is 0.182. The van der Waals surface area contributed by atoms with Crippen molar-refractivity contribution < 1.29 is 8.42 Å². The normalized spacial score (nSPS) is 11.4. The first kappa shape index (κ1) is 11.7. The molecule has 5 nitrogen and oxygen atoms in total. The van der Waals surface area contributed by atoms with Gasteiger partial charge in [-0.2, -0.15) is 5.10 Å². The average Bonchev–Trinajstić information content (AvgIpc) is 2.64. The standard InChI is InChI=1S/C11H13N3O2S/c1-8-4-3-5-10(6-8)17(15,16)14-11-9(2)7-12-13-11/h3-7H,1-2H3,(H2,12,13,14). The van der Waals surface area contributed by atoms with Crippen LogP contribution in [0, 0.1) is 13.8 Å². The van der Waals surface area contributed by atoms with Gasteiger partial charge in [-0.05, 0) is 31.5 Å². The third-order valence-electron chi connectivity index (χ3n) is 2.37. The maximum absolute atomic E-state index is 12.0. The lowest BCUT2D eigenvalue weighted by atomic mass is 10.2. The highest BCUT2D eigenvalue weighted by atomic mass is 32.2. The number of H-pyrrole nitrogens is 1. The van der Waals surface area contributed by atoms with Gasteiger partial charge in [0.1, 0.15) is 5.82 Å². The van der Waals surface area contributed by atoms with Crippen molar-refractivity contribution >= 4 is 15.8 Å². The van der Waals surface area contributed by atoms with Crippen LogP contribution in [0.3, 0.4) is 0 Å². The fourth-order valence-corrected chi connectivity index (χ4v) is 2.62. The fourth-order valence-electron chi connectivity index (χ4n) is 1.43. The minimum Gasteiger partial charge on any atom is -0.264 e. The third kappa shape index (κ3) is 2.47. The Bertz CT molecular complexity index is 632. The van der Waals surface area contributed by atoms with Crippen LogP contribution >= 0.6 is 0 Å². The molecule has 0 spiro atoms. The summed E-state index contributed by atoms with van der Waals surface area (Å²) in [6.07, 6.45) is 1.56. The van der Waals surface area contributed by atoms with E-state index in [1.54, 1.807) is 31.3 Å². The smallest absolute Gasteiger partial charge is 0.263 e. The molecule has 0 saturated heterocycles. The molecule has 0 aliphatic carbocycles. The molecule has 1 aromatic heterocycles. The van der Waals surface area contributed by atoms with Crippen molar-refractivity contribution in [3.63, 3.8) is 0 Å². The maximum atomic E-state index is 12.0. The van der Waals surface area contributed by atoms with Crippen LogP contribution in [-0.2, 0) is 10.0 Å². The van der Waals surface area contributed by atoms with Gasteiger partial charge in [-0.3, -0.25) is 9.82 Å². The van der Waals surface area contributed by atoms with Gasteiger partial charge in [0.15, 0.2) is 0 Å². The van der Waals surface area contributed by atoms with Crippen molar-refractivity contribution in [1.82, 2.24) is 10.2 Å². The maximum Gasteiger partial charge on any atom is 0.263 e.